The average molecular weight is 477 g/mol. The molecule has 1 aliphatic heterocycles. The molecule has 168 valence electrons. The van der Waals surface area contributed by atoms with Crippen molar-refractivity contribution in [2.45, 2.75) is 30.6 Å². The maximum Gasteiger partial charge on any atom is 0.505 e. The number of aliphatic hydroxyl groups is 2. The lowest BCUT2D eigenvalue weighted by Crippen LogP contribution is -2.41. The van der Waals surface area contributed by atoms with Gasteiger partial charge < -0.3 is 29.7 Å². The van der Waals surface area contributed by atoms with E-state index in [0.717, 1.165) is 15.4 Å². The van der Waals surface area contributed by atoms with Crippen molar-refractivity contribution in [2.75, 3.05) is 6.61 Å². The van der Waals surface area contributed by atoms with Crippen molar-refractivity contribution >= 4 is 29.0 Å². The molecule has 6 atom stereocenters. The Kier molecular flexibility index (Phi) is 6.47. The topological polar surface area (TPSA) is 222 Å². The molecule has 31 heavy (non-hydrogen) atoms. The quantitative estimate of drug-likeness (QED) is 0.240. The van der Waals surface area contributed by atoms with Gasteiger partial charge in [0.1, 0.15) is 49.6 Å². The van der Waals surface area contributed by atoms with Crippen LogP contribution in [0.4, 0.5) is 4.79 Å². The third kappa shape index (κ3) is 4.20. The summed E-state index contributed by atoms with van der Waals surface area (Å²) < 4.78 is 32.4. The summed E-state index contributed by atoms with van der Waals surface area (Å²) in [6.07, 6.45) is -5.33. The highest BCUT2D eigenvalue weighted by Gasteiger charge is 2.57. The van der Waals surface area contributed by atoms with Crippen LogP contribution in [0.25, 0.3) is 5.52 Å². The Labute approximate surface area is 175 Å². The van der Waals surface area contributed by atoms with Crippen LogP contribution in [0.2, 0.25) is 0 Å². The molecule has 1 fully saturated rings. The van der Waals surface area contributed by atoms with Gasteiger partial charge in [-0.1, -0.05) is 0 Å². The first kappa shape index (κ1) is 23.3. The molecule has 0 saturated carbocycles. The standard InChI is InChI=1S/C14H17N5O10P2/c15-4-14(11(21)10(20)8(28-14)3-26-13(22)23)9-2-1-7-12(16)18(5-17-19(7)9)6-27-31(24,25)29-30/h1-2,5,8,10-11,16,20-21H,3,6,30H2,(H,22,23)(H,24,25)/t8-,10-,11-,14+/m1/s1. The first-order chi connectivity index (χ1) is 14.6. The summed E-state index contributed by atoms with van der Waals surface area (Å²) in [7, 11) is -2.75. The van der Waals surface area contributed by atoms with E-state index >= 15 is 0 Å². The van der Waals surface area contributed by atoms with Gasteiger partial charge in [-0.15, -0.1) is 0 Å². The van der Waals surface area contributed by atoms with Gasteiger partial charge in [0, 0.05) is 9.47 Å². The van der Waals surface area contributed by atoms with Crippen LogP contribution in [0.15, 0.2) is 18.5 Å². The molecule has 5 N–H and O–H groups in total. The first-order valence-electron chi connectivity index (χ1n) is 8.35. The average Bonchev–Trinajstić information content (AvgIpc) is 3.27. The second-order valence-corrected chi connectivity index (χ2v) is 8.35. The zero-order valence-corrected chi connectivity index (χ0v) is 17.5. The lowest BCUT2D eigenvalue weighted by Gasteiger charge is -2.24. The van der Waals surface area contributed by atoms with E-state index in [4.69, 9.17) is 15.3 Å². The van der Waals surface area contributed by atoms with E-state index < -0.39 is 51.2 Å². The van der Waals surface area contributed by atoms with Crippen LogP contribution in [-0.2, 0) is 35.2 Å². The smallest absolute Gasteiger partial charge is 0.450 e. The van der Waals surface area contributed by atoms with Crippen molar-refractivity contribution in [1.82, 2.24) is 14.2 Å². The molecule has 2 unspecified atom stereocenters. The maximum absolute atomic E-state index is 11.4. The molecular weight excluding hydrogens is 460 g/mol. The van der Waals surface area contributed by atoms with Crippen LogP contribution >= 0.6 is 17.3 Å². The summed E-state index contributed by atoms with van der Waals surface area (Å²) in [5, 5.41) is 51.4. The number of hydrogen-bond donors (Lipinski definition) is 5. The number of carboxylic acid groups (broad SMARTS) is 1. The van der Waals surface area contributed by atoms with E-state index in [0.29, 0.717) is 0 Å². The number of hydrogen-bond acceptors (Lipinski definition) is 11. The number of rotatable bonds is 7. The summed E-state index contributed by atoms with van der Waals surface area (Å²) in [4.78, 5) is 19.9. The molecule has 17 heteroatoms. The second-order valence-electron chi connectivity index (χ2n) is 6.31. The highest BCUT2D eigenvalue weighted by Crippen LogP contribution is 2.45. The Morgan fingerprint density at radius 2 is 2.19 bits per heavy atom. The molecule has 0 amide bonds. The molecule has 0 spiro atoms. The van der Waals surface area contributed by atoms with Gasteiger partial charge in [-0.25, -0.2) is 13.9 Å². The van der Waals surface area contributed by atoms with E-state index in [2.05, 4.69) is 18.7 Å². The number of nitrogens with one attached hydrogen (secondary N) is 1. The van der Waals surface area contributed by atoms with Gasteiger partial charge in [-0.3, -0.25) is 18.8 Å². The Morgan fingerprint density at radius 1 is 1.48 bits per heavy atom. The summed E-state index contributed by atoms with van der Waals surface area (Å²) in [5.41, 5.74) is -2.33. The highest BCUT2D eigenvalue weighted by molar-refractivity contribution is 7.52. The Hall–Kier alpha value is -2.40. The zero-order valence-electron chi connectivity index (χ0n) is 15.4. The Bertz CT molecular complexity index is 1140. The minimum absolute atomic E-state index is 0.0444. The van der Waals surface area contributed by atoms with Crippen LogP contribution in [-0.4, -0.2) is 65.5 Å². The molecule has 0 bridgehead atoms. The van der Waals surface area contributed by atoms with E-state index in [1.54, 1.807) is 15.5 Å². The van der Waals surface area contributed by atoms with Crippen molar-refractivity contribution in [1.29, 1.82) is 10.7 Å². The van der Waals surface area contributed by atoms with E-state index in [-0.39, 0.29) is 16.7 Å². The summed E-state index contributed by atoms with van der Waals surface area (Å²) in [5.74, 6) is 0. The minimum Gasteiger partial charge on any atom is -0.450 e. The first-order valence-corrected chi connectivity index (χ1v) is 10.3. The van der Waals surface area contributed by atoms with Gasteiger partial charge in [0.05, 0.1) is 5.69 Å². The molecule has 2 aromatic heterocycles. The fraction of sp³-hybridized carbons (Fsp3) is 0.429. The van der Waals surface area contributed by atoms with Gasteiger partial charge in [0.15, 0.2) is 5.49 Å². The van der Waals surface area contributed by atoms with Crippen molar-refractivity contribution in [2.24, 2.45) is 0 Å². The number of carbonyl (C=O) groups is 1. The molecule has 3 heterocycles. The number of aromatic nitrogens is 3. The maximum atomic E-state index is 11.4. The van der Waals surface area contributed by atoms with Crippen molar-refractivity contribution in [3.8, 4) is 6.07 Å². The van der Waals surface area contributed by atoms with Crippen LogP contribution in [0.5, 0.6) is 0 Å². The SMILES string of the molecule is N#C[C@@]1(c2ccc3c(=N)n(COP(=O)(O)OP)cnn23)O[C@H](COC(=O)O)[C@@H](O)[C@H]1O. The van der Waals surface area contributed by atoms with Crippen LogP contribution in [0.3, 0.4) is 0 Å². The summed E-state index contributed by atoms with van der Waals surface area (Å²) in [6.45, 7) is -1.19. The molecule has 2 aromatic rings. The van der Waals surface area contributed by atoms with Gasteiger partial charge in [-0.05, 0) is 12.1 Å². The third-order valence-electron chi connectivity index (χ3n) is 4.56. The number of nitrogens with zero attached hydrogens (tertiary/aromatic N) is 4. The fourth-order valence-corrected chi connectivity index (χ4v) is 3.58. The van der Waals surface area contributed by atoms with Gasteiger partial charge in [0.25, 0.3) is 0 Å². The van der Waals surface area contributed by atoms with Gasteiger partial charge >= 0.3 is 14.0 Å². The fourth-order valence-electron chi connectivity index (χ4n) is 3.07. The van der Waals surface area contributed by atoms with Crippen LogP contribution in [0, 0.1) is 16.7 Å². The molecule has 1 saturated heterocycles. The monoisotopic (exact) mass is 477 g/mol. The second kappa shape index (κ2) is 8.62. The predicted molar refractivity (Wildman–Crippen MR) is 98.9 cm³/mol. The zero-order chi connectivity index (χ0) is 23.0. The Morgan fingerprint density at radius 3 is 2.81 bits per heavy atom. The normalized spacial score (nSPS) is 27.6. The van der Waals surface area contributed by atoms with Crippen LogP contribution in [0.1, 0.15) is 5.69 Å². The van der Waals surface area contributed by atoms with Crippen molar-refractivity contribution in [3.63, 3.8) is 0 Å². The van der Waals surface area contributed by atoms with Gasteiger partial charge in [0.2, 0.25) is 5.60 Å². The van der Waals surface area contributed by atoms with Crippen LogP contribution < -0.4 is 5.49 Å². The molecule has 0 aliphatic carbocycles. The van der Waals surface area contributed by atoms with Gasteiger partial charge in [-0.2, -0.15) is 10.4 Å². The van der Waals surface area contributed by atoms with E-state index in [9.17, 15) is 29.7 Å². The van der Waals surface area contributed by atoms with Crippen molar-refractivity contribution < 1.29 is 47.9 Å². The predicted octanol–water partition coefficient (Wildman–Crippen LogP) is -0.969. The molecule has 15 nitrogen and oxygen atoms in total. The Balaban J connectivity index is 1.98. The molecule has 0 radical (unpaired) electrons. The highest BCUT2D eigenvalue weighted by atomic mass is 31.2. The molecule has 0 aromatic carbocycles. The largest absolute Gasteiger partial charge is 0.505 e. The lowest BCUT2D eigenvalue weighted by atomic mass is 9.92. The molecular formula is C14H17N5O10P2. The number of ether oxygens (including phenoxy) is 2. The third-order valence-corrected chi connectivity index (χ3v) is 6.07. The van der Waals surface area contributed by atoms with Crippen molar-refractivity contribution in [3.05, 3.63) is 29.6 Å². The number of fused-ring (bicyclic) bond motifs is 1. The number of nitriles is 1. The summed E-state index contributed by atoms with van der Waals surface area (Å²) in [6, 6.07) is 4.48. The van der Waals surface area contributed by atoms with E-state index in [1.165, 1.54) is 12.1 Å². The lowest BCUT2D eigenvalue weighted by molar-refractivity contribution is -0.0695. The minimum atomic E-state index is -4.34. The molecule has 1 aliphatic rings. The number of phosphoric ester groups is 1. The summed E-state index contributed by atoms with van der Waals surface area (Å²) >= 11 is 0. The number of aliphatic hydroxyl groups excluding tert-OH is 2. The molecule has 3 rings (SSSR count). The van der Waals surface area contributed by atoms with E-state index in [1.807, 2.05) is 0 Å². The number of phosphoric acid groups is 1.